The standard InChI is InChI=1S/C6H11N3.C3H7N3.C3H6O.CH2I2.CH3I.CH4/c1-6(2)9-8-5-3-4-7;4-2-1-3-6-5;1-3(2)4;2-1-3;1-2;/h8H,3,5H2,1-2H3;6H,1,3,5H2;1-2H3;1H2;1H3;1H4. The van der Waals surface area contributed by atoms with Crippen LogP contribution in [0.15, 0.2) is 5.10 Å². The first-order chi connectivity index (χ1) is 11.3. The van der Waals surface area contributed by atoms with Crippen molar-refractivity contribution in [2.75, 3.05) is 20.5 Å². The van der Waals surface area contributed by atoms with Crippen LogP contribution in [0.1, 0.15) is 48.0 Å². The van der Waals surface area contributed by atoms with Gasteiger partial charge in [0, 0.05) is 25.2 Å². The summed E-state index contributed by atoms with van der Waals surface area (Å²) in [6.07, 6.45) is 0.993. The lowest BCUT2D eigenvalue weighted by molar-refractivity contribution is -0.114. The highest BCUT2D eigenvalue weighted by Gasteiger charge is 1.78. The second kappa shape index (κ2) is 49.6. The van der Waals surface area contributed by atoms with E-state index in [1.54, 1.807) is 0 Å². The Morgan fingerprint density at radius 2 is 1.36 bits per heavy atom. The monoisotopic (exact) mass is 694 g/mol. The molecule has 0 aliphatic rings. The number of hydrazone groups is 1. The Balaban J connectivity index is -0.0000000494. The fraction of sp³-hybridized carbons (Fsp3) is 0.733. The van der Waals surface area contributed by atoms with E-state index in [4.69, 9.17) is 16.4 Å². The summed E-state index contributed by atoms with van der Waals surface area (Å²) < 4.78 is 1.19. The maximum Gasteiger partial charge on any atom is 0.126 e. The topological polar surface area (TPSA) is 127 Å². The lowest BCUT2D eigenvalue weighted by Crippen LogP contribution is -2.22. The molecule has 25 heavy (non-hydrogen) atoms. The number of hydrogen-bond donors (Lipinski definition) is 3. The normalized spacial score (nSPS) is 6.52. The summed E-state index contributed by atoms with van der Waals surface area (Å²) in [7, 11) is 0. The zero-order valence-corrected chi connectivity index (χ0v) is 21.5. The lowest BCUT2D eigenvalue weighted by atomic mass is 10.5. The molecule has 0 atom stereocenters. The average molecular weight is 694 g/mol. The van der Waals surface area contributed by atoms with Gasteiger partial charge in [-0.05, 0) is 32.6 Å². The van der Waals surface area contributed by atoms with Gasteiger partial charge >= 0.3 is 0 Å². The van der Waals surface area contributed by atoms with Gasteiger partial charge in [-0.15, -0.1) is 0 Å². The van der Waals surface area contributed by atoms with Crippen molar-refractivity contribution in [2.45, 2.75) is 48.0 Å². The molecule has 0 aliphatic heterocycles. The Morgan fingerprint density at radius 1 is 1.04 bits per heavy atom. The predicted molar refractivity (Wildman–Crippen MR) is 135 cm³/mol. The molecule has 0 unspecified atom stereocenters. The Morgan fingerprint density at radius 3 is 1.56 bits per heavy atom. The van der Waals surface area contributed by atoms with E-state index >= 15 is 0 Å². The van der Waals surface area contributed by atoms with Crippen molar-refractivity contribution in [3.8, 4) is 12.1 Å². The van der Waals surface area contributed by atoms with Crippen LogP contribution >= 0.6 is 67.8 Å². The third kappa shape index (κ3) is 141. The van der Waals surface area contributed by atoms with E-state index in [2.05, 4.69) is 83.7 Å². The molecule has 150 valence electrons. The number of nitrogens with one attached hydrogen (secondary N) is 2. The zero-order valence-electron chi connectivity index (χ0n) is 15.0. The molecule has 0 aromatic rings. The van der Waals surface area contributed by atoms with E-state index in [0.717, 1.165) is 5.71 Å². The molecule has 10 heteroatoms. The second-order valence-corrected chi connectivity index (χ2v) is 8.19. The van der Waals surface area contributed by atoms with Crippen molar-refractivity contribution in [1.82, 2.24) is 10.9 Å². The summed E-state index contributed by atoms with van der Waals surface area (Å²) in [6, 6.07) is 3.94. The van der Waals surface area contributed by atoms with Gasteiger partial charge in [0.15, 0.2) is 0 Å². The SMILES string of the molecule is C.CC(C)=NNCCC#N.CC(C)=O.CI.ICI.N#CCCNN. The van der Waals surface area contributed by atoms with Crippen LogP contribution in [0.5, 0.6) is 0 Å². The van der Waals surface area contributed by atoms with Gasteiger partial charge in [0.1, 0.15) is 5.78 Å². The van der Waals surface area contributed by atoms with Crippen LogP contribution in [0.4, 0.5) is 0 Å². The smallest absolute Gasteiger partial charge is 0.126 e. The summed E-state index contributed by atoms with van der Waals surface area (Å²) in [4.78, 5) is 11.4. The number of halogens is 3. The van der Waals surface area contributed by atoms with Crippen LogP contribution < -0.4 is 16.7 Å². The van der Waals surface area contributed by atoms with E-state index in [-0.39, 0.29) is 13.2 Å². The molecule has 0 bridgehead atoms. The minimum Gasteiger partial charge on any atom is -0.309 e. The lowest BCUT2D eigenvalue weighted by Gasteiger charge is -1.93. The number of alkyl halides is 3. The molecule has 0 rings (SSSR count). The van der Waals surface area contributed by atoms with Crippen molar-refractivity contribution in [3.05, 3.63) is 0 Å². The molecule has 4 N–H and O–H groups in total. The van der Waals surface area contributed by atoms with Crippen LogP contribution in [-0.2, 0) is 4.79 Å². The summed E-state index contributed by atoms with van der Waals surface area (Å²) >= 11 is 6.70. The number of hydrazine groups is 1. The number of Topliss-reactive ketones (excluding diaryl/α,β-unsaturated/α-hetero) is 1. The maximum absolute atomic E-state index is 9.44. The summed E-state index contributed by atoms with van der Waals surface area (Å²) in [5.74, 6) is 4.98. The van der Waals surface area contributed by atoms with Crippen molar-refractivity contribution < 1.29 is 4.79 Å². The van der Waals surface area contributed by atoms with Gasteiger partial charge in [0.25, 0.3) is 0 Å². The van der Waals surface area contributed by atoms with Crippen molar-refractivity contribution in [2.24, 2.45) is 10.9 Å². The predicted octanol–water partition coefficient (Wildman–Crippen LogP) is 4.35. The summed E-state index contributed by atoms with van der Waals surface area (Å²) in [6.45, 7) is 8.08. The summed E-state index contributed by atoms with van der Waals surface area (Å²) in [5.41, 5.74) is 6.08. The molecule has 0 amide bonds. The number of nitrogens with two attached hydrogens (primary N) is 1. The number of ketones is 1. The highest BCUT2D eigenvalue weighted by atomic mass is 127. The number of rotatable bonds is 5. The van der Waals surface area contributed by atoms with Crippen LogP contribution in [-0.4, -0.2) is 31.9 Å². The van der Waals surface area contributed by atoms with Crippen LogP contribution in [0.25, 0.3) is 0 Å². The molecule has 0 aromatic heterocycles. The molecule has 0 radical (unpaired) electrons. The third-order valence-corrected chi connectivity index (χ3v) is 1.03. The van der Waals surface area contributed by atoms with Gasteiger partial charge in [-0.3, -0.25) is 11.3 Å². The largest absolute Gasteiger partial charge is 0.309 e. The van der Waals surface area contributed by atoms with Crippen molar-refractivity contribution in [3.63, 3.8) is 0 Å². The highest BCUT2D eigenvalue weighted by molar-refractivity contribution is 14.2. The first kappa shape index (κ1) is 40.1. The minimum absolute atomic E-state index is 0. The zero-order chi connectivity index (χ0) is 20.2. The van der Waals surface area contributed by atoms with E-state index in [0.29, 0.717) is 25.9 Å². The minimum atomic E-state index is 0. The molecule has 7 nitrogen and oxygen atoms in total. The highest BCUT2D eigenvalue weighted by Crippen LogP contribution is 1.86. The molecule has 0 spiro atoms. The van der Waals surface area contributed by atoms with Gasteiger partial charge in [0.05, 0.1) is 21.0 Å². The van der Waals surface area contributed by atoms with Gasteiger partial charge in [-0.1, -0.05) is 75.2 Å². The van der Waals surface area contributed by atoms with Gasteiger partial charge in [-0.25, -0.2) is 0 Å². The Labute approximate surface area is 195 Å². The molecule has 0 saturated heterocycles. The maximum atomic E-state index is 9.44. The Kier molecular flexibility index (Phi) is 79.5. The van der Waals surface area contributed by atoms with E-state index in [1.807, 2.05) is 30.9 Å². The van der Waals surface area contributed by atoms with Crippen LogP contribution in [0.2, 0.25) is 0 Å². The fourth-order valence-corrected chi connectivity index (χ4v) is 0.454. The van der Waals surface area contributed by atoms with Crippen LogP contribution in [0.3, 0.4) is 0 Å². The number of nitriles is 2. The van der Waals surface area contributed by atoms with E-state index in [1.165, 1.54) is 16.3 Å². The molecule has 0 aromatic carbocycles. The van der Waals surface area contributed by atoms with Crippen molar-refractivity contribution in [1.29, 1.82) is 10.5 Å². The molecular weight excluding hydrogens is 661 g/mol. The van der Waals surface area contributed by atoms with Crippen molar-refractivity contribution >= 4 is 79.3 Å². The number of nitrogens with zero attached hydrogens (tertiary/aromatic N) is 3. The van der Waals surface area contributed by atoms with Gasteiger partial charge in [0.2, 0.25) is 0 Å². The molecule has 0 saturated carbocycles. The molecule has 0 heterocycles. The first-order valence-corrected chi connectivity index (χ1v) is 11.9. The Bertz CT molecular complexity index is 333. The molecule has 0 aliphatic carbocycles. The fourth-order valence-electron chi connectivity index (χ4n) is 0.454. The van der Waals surface area contributed by atoms with E-state index in [9.17, 15) is 4.79 Å². The molecular formula is C15H33I3N6O. The first-order valence-electron chi connectivity index (χ1n) is 6.71. The average Bonchev–Trinajstić information content (AvgIpc) is 2.52. The molecule has 0 fully saturated rings. The number of carbonyl (C=O) groups excluding carboxylic acids is 1. The summed E-state index contributed by atoms with van der Waals surface area (Å²) in [5, 5.41) is 19.8. The van der Waals surface area contributed by atoms with Crippen LogP contribution in [0, 0.1) is 22.7 Å². The van der Waals surface area contributed by atoms with Gasteiger partial charge in [-0.2, -0.15) is 15.6 Å². The second-order valence-electron chi connectivity index (χ2n) is 3.75. The Hall–Kier alpha value is 0.230. The quantitative estimate of drug-likeness (QED) is 0.0983. The third-order valence-electron chi connectivity index (χ3n) is 1.03. The van der Waals surface area contributed by atoms with Gasteiger partial charge < -0.3 is 10.2 Å². The number of carbonyl (C=O) groups is 1. The number of hydrogen-bond acceptors (Lipinski definition) is 7. The van der Waals surface area contributed by atoms with E-state index < -0.39 is 0 Å².